The van der Waals surface area contributed by atoms with Crippen molar-refractivity contribution in [2.45, 2.75) is 18.5 Å². The monoisotopic (exact) mass is 182 g/mol. The van der Waals surface area contributed by atoms with Gasteiger partial charge in [0.2, 0.25) is 0 Å². The molecule has 1 aromatic rings. The van der Waals surface area contributed by atoms with E-state index in [2.05, 4.69) is 9.97 Å². The lowest BCUT2D eigenvalue weighted by molar-refractivity contribution is -0.107. The van der Waals surface area contributed by atoms with Gasteiger partial charge in [-0.05, 0) is 13.0 Å². The van der Waals surface area contributed by atoms with Gasteiger partial charge in [-0.25, -0.2) is 9.97 Å². The molecule has 0 spiro atoms. The number of hydrogen-bond donors (Lipinski definition) is 0. The molecule has 0 bridgehead atoms. The molecule has 0 unspecified atom stereocenters. The van der Waals surface area contributed by atoms with Crippen LogP contribution in [0, 0.1) is 6.92 Å². The fourth-order valence-electron chi connectivity index (χ4n) is 0.694. The molecule has 0 aliphatic carbocycles. The van der Waals surface area contributed by atoms with Crippen molar-refractivity contribution in [2.24, 2.45) is 0 Å². The number of aromatic nitrogens is 2. The van der Waals surface area contributed by atoms with Gasteiger partial charge in [-0.1, -0.05) is 11.8 Å². The zero-order valence-corrected chi connectivity index (χ0v) is 7.67. The SMILES string of the molecule is Cc1ccnc(SCCC=O)n1. The van der Waals surface area contributed by atoms with Gasteiger partial charge < -0.3 is 4.79 Å². The number of thioether (sulfide) groups is 1. The Labute approximate surface area is 75.6 Å². The molecule has 1 heterocycles. The van der Waals surface area contributed by atoms with Gasteiger partial charge in [-0.15, -0.1) is 0 Å². The Morgan fingerprint density at radius 3 is 3.17 bits per heavy atom. The Kier molecular flexibility index (Phi) is 3.73. The van der Waals surface area contributed by atoms with Gasteiger partial charge >= 0.3 is 0 Å². The molecule has 0 aliphatic heterocycles. The minimum Gasteiger partial charge on any atom is -0.303 e. The maximum Gasteiger partial charge on any atom is 0.187 e. The van der Waals surface area contributed by atoms with E-state index in [9.17, 15) is 4.79 Å². The third-order valence-corrected chi connectivity index (χ3v) is 2.13. The number of nitrogens with zero attached hydrogens (tertiary/aromatic N) is 2. The average molecular weight is 182 g/mol. The first kappa shape index (κ1) is 9.19. The molecular weight excluding hydrogens is 172 g/mol. The lowest BCUT2D eigenvalue weighted by Crippen LogP contribution is -1.89. The van der Waals surface area contributed by atoms with Gasteiger partial charge in [0.15, 0.2) is 5.16 Å². The summed E-state index contributed by atoms with van der Waals surface area (Å²) in [6.07, 6.45) is 3.19. The third kappa shape index (κ3) is 3.00. The van der Waals surface area contributed by atoms with Crippen molar-refractivity contribution in [1.82, 2.24) is 9.97 Å². The van der Waals surface area contributed by atoms with Crippen LogP contribution in [0.5, 0.6) is 0 Å². The Bertz CT molecular complexity index is 265. The van der Waals surface area contributed by atoms with Crippen LogP contribution in [0.2, 0.25) is 0 Å². The number of carbonyl (C=O) groups excluding carboxylic acids is 1. The molecule has 12 heavy (non-hydrogen) atoms. The van der Waals surface area contributed by atoms with Crippen LogP contribution in [-0.4, -0.2) is 22.0 Å². The first-order valence-corrected chi connectivity index (χ1v) is 4.67. The molecule has 0 amide bonds. The van der Waals surface area contributed by atoms with Gasteiger partial charge in [0, 0.05) is 24.1 Å². The highest BCUT2D eigenvalue weighted by atomic mass is 32.2. The zero-order valence-electron chi connectivity index (χ0n) is 6.86. The van der Waals surface area contributed by atoms with Crippen molar-refractivity contribution in [3.63, 3.8) is 0 Å². The fraction of sp³-hybridized carbons (Fsp3) is 0.375. The molecular formula is C8H10N2OS. The Morgan fingerprint density at radius 1 is 1.67 bits per heavy atom. The number of aldehydes is 1. The molecule has 1 aromatic heterocycles. The van der Waals surface area contributed by atoms with Crippen molar-refractivity contribution < 1.29 is 4.79 Å². The molecule has 0 saturated heterocycles. The Morgan fingerprint density at radius 2 is 2.50 bits per heavy atom. The summed E-state index contributed by atoms with van der Waals surface area (Å²) in [6.45, 7) is 1.92. The highest BCUT2D eigenvalue weighted by Crippen LogP contribution is 2.12. The molecule has 1 rings (SSSR count). The maximum atomic E-state index is 10.0. The summed E-state index contributed by atoms with van der Waals surface area (Å²) < 4.78 is 0. The summed E-state index contributed by atoms with van der Waals surface area (Å²) >= 11 is 1.51. The minimum absolute atomic E-state index is 0.558. The van der Waals surface area contributed by atoms with Crippen molar-refractivity contribution in [1.29, 1.82) is 0 Å². The van der Waals surface area contributed by atoms with Gasteiger partial charge in [0.05, 0.1) is 0 Å². The summed E-state index contributed by atoms with van der Waals surface area (Å²) in [5.74, 6) is 0.757. The van der Waals surface area contributed by atoms with E-state index >= 15 is 0 Å². The summed E-state index contributed by atoms with van der Waals surface area (Å²) in [5, 5.41) is 0.747. The van der Waals surface area contributed by atoms with Crippen LogP contribution in [0.15, 0.2) is 17.4 Å². The smallest absolute Gasteiger partial charge is 0.187 e. The minimum atomic E-state index is 0.558. The van der Waals surface area contributed by atoms with Crippen LogP contribution in [0.1, 0.15) is 12.1 Å². The largest absolute Gasteiger partial charge is 0.303 e. The topological polar surface area (TPSA) is 42.9 Å². The highest BCUT2D eigenvalue weighted by Gasteiger charge is 1.95. The van der Waals surface area contributed by atoms with Crippen LogP contribution >= 0.6 is 11.8 Å². The lowest BCUT2D eigenvalue weighted by atomic mass is 10.5. The van der Waals surface area contributed by atoms with E-state index in [1.165, 1.54) is 11.8 Å². The van der Waals surface area contributed by atoms with Crippen LogP contribution < -0.4 is 0 Å². The van der Waals surface area contributed by atoms with E-state index < -0.39 is 0 Å². The normalized spacial score (nSPS) is 9.75. The molecule has 0 N–H and O–H groups in total. The molecule has 4 heteroatoms. The van der Waals surface area contributed by atoms with Crippen LogP contribution in [-0.2, 0) is 4.79 Å². The van der Waals surface area contributed by atoms with Crippen molar-refractivity contribution in [3.05, 3.63) is 18.0 Å². The van der Waals surface area contributed by atoms with Crippen LogP contribution in [0.3, 0.4) is 0 Å². The number of rotatable bonds is 4. The molecule has 0 aliphatic rings. The molecule has 0 radical (unpaired) electrons. The first-order chi connectivity index (χ1) is 5.83. The van der Waals surface area contributed by atoms with E-state index in [0.717, 1.165) is 22.9 Å². The van der Waals surface area contributed by atoms with E-state index in [1.54, 1.807) is 6.20 Å². The molecule has 0 fully saturated rings. The van der Waals surface area contributed by atoms with Crippen molar-refractivity contribution in [3.8, 4) is 0 Å². The molecule has 0 atom stereocenters. The highest BCUT2D eigenvalue weighted by molar-refractivity contribution is 7.99. The quantitative estimate of drug-likeness (QED) is 0.306. The first-order valence-electron chi connectivity index (χ1n) is 3.69. The standard InChI is InChI=1S/C8H10N2OS/c1-7-3-4-9-8(10-7)12-6-2-5-11/h3-5H,2,6H2,1H3. The van der Waals surface area contributed by atoms with E-state index in [0.29, 0.717) is 6.42 Å². The third-order valence-electron chi connectivity index (χ3n) is 1.24. The molecule has 0 aromatic carbocycles. The van der Waals surface area contributed by atoms with Gasteiger partial charge in [0.25, 0.3) is 0 Å². The summed E-state index contributed by atoms with van der Waals surface area (Å²) in [6, 6.07) is 1.85. The zero-order chi connectivity index (χ0) is 8.81. The predicted octanol–water partition coefficient (Wildman–Crippen LogP) is 1.47. The lowest BCUT2D eigenvalue weighted by Gasteiger charge is -1.96. The summed E-state index contributed by atoms with van der Waals surface area (Å²) in [5.41, 5.74) is 0.957. The second-order valence-electron chi connectivity index (χ2n) is 2.28. The maximum absolute atomic E-state index is 10.0. The second kappa shape index (κ2) is 4.87. The van der Waals surface area contributed by atoms with Crippen molar-refractivity contribution in [2.75, 3.05) is 5.75 Å². The predicted molar refractivity (Wildman–Crippen MR) is 48.2 cm³/mol. The van der Waals surface area contributed by atoms with E-state index in [-0.39, 0.29) is 0 Å². The second-order valence-corrected chi connectivity index (χ2v) is 3.35. The van der Waals surface area contributed by atoms with Gasteiger partial charge in [-0.2, -0.15) is 0 Å². The molecule has 3 nitrogen and oxygen atoms in total. The van der Waals surface area contributed by atoms with E-state index in [4.69, 9.17) is 0 Å². The van der Waals surface area contributed by atoms with E-state index in [1.807, 2.05) is 13.0 Å². The van der Waals surface area contributed by atoms with Crippen molar-refractivity contribution >= 4 is 18.0 Å². The Balaban J connectivity index is 2.46. The number of hydrogen-bond acceptors (Lipinski definition) is 4. The molecule has 0 saturated carbocycles. The van der Waals surface area contributed by atoms with Crippen LogP contribution in [0.25, 0.3) is 0 Å². The van der Waals surface area contributed by atoms with Crippen LogP contribution in [0.4, 0.5) is 0 Å². The molecule has 64 valence electrons. The van der Waals surface area contributed by atoms with Gasteiger partial charge in [0.1, 0.15) is 6.29 Å². The summed E-state index contributed by atoms with van der Waals surface area (Å²) in [4.78, 5) is 18.2. The number of aryl methyl sites for hydroxylation is 1. The van der Waals surface area contributed by atoms with Gasteiger partial charge in [-0.3, -0.25) is 0 Å². The fourth-order valence-corrected chi connectivity index (χ4v) is 1.43. The Hall–Kier alpha value is -0.900. The number of carbonyl (C=O) groups is 1. The average Bonchev–Trinajstić information content (AvgIpc) is 2.05. The summed E-state index contributed by atoms with van der Waals surface area (Å²) in [7, 11) is 0.